The molecule has 6 rings (SSSR count). The van der Waals surface area contributed by atoms with Crippen molar-refractivity contribution in [2.45, 2.75) is 45.4 Å². The van der Waals surface area contributed by atoms with Crippen molar-refractivity contribution in [2.75, 3.05) is 24.7 Å². The van der Waals surface area contributed by atoms with Crippen LogP contribution in [0.4, 0.5) is 5.82 Å². The summed E-state index contributed by atoms with van der Waals surface area (Å²) in [5, 5.41) is 1.15. The summed E-state index contributed by atoms with van der Waals surface area (Å²) < 4.78 is 5.76. The molecule has 174 valence electrons. The Balaban J connectivity index is 1.50. The van der Waals surface area contributed by atoms with Crippen LogP contribution in [0.3, 0.4) is 0 Å². The van der Waals surface area contributed by atoms with Crippen LogP contribution in [0.15, 0.2) is 60.8 Å². The molecule has 0 saturated carbocycles. The minimum atomic E-state index is -0.209. The molecule has 0 bridgehead atoms. The molecule has 6 heteroatoms. The van der Waals surface area contributed by atoms with E-state index in [1.54, 1.807) is 0 Å². The van der Waals surface area contributed by atoms with Crippen LogP contribution in [-0.2, 0) is 23.4 Å². The zero-order valence-electron chi connectivity index (χ0n) is 20.1. The molecular formula is C28H31N5O. The van der Waals surface area contributed by atoms with Gasteiger partial charge in [0.05, 0.1) is 30.5 Å². The SMILES string of the molecule is C[C@@H]1COCCN1c1nc(-c2cccc3[nH]ccc23)nc2c1CN(Cc1ccccc1)C2(C)C. The Morgan fingerprint density at radius 2 is 1.91 bits per heavy atom. The summed E-state index contributed by atoms with van der Waals surface area (Å²) in [5.74, 6) is 1.86. The predicted molar refractivity (Wildman–Crippen MR) is 136 cm³/mol. The maximum absolute atomic E-state index is 5.76. The van der Waals surface area contributed by atoms with Crippen LogP contribution in [0.2, 0.25) is 0 Å². The standard InChI is InChI=1S/C28H31N5O/c1-19-18-34-15-14-33(19)27-23-17-32(16-20-8-5-4-6-9-20)28(2,3)25(23)30-26(31-27)22-10-7-11-24-21(22)12-13-29-24/h4-13,19,29H,14-18H2,1-3H3/t19-/m1/s1. The number of morpholine rings is 1. The Morgan fingerprint density at radius 3 is 2.74 bits per heavy atom. The Hall–Kier alpha value is -3.22. The second-order valence-electron chi connectivity index (χ2n) is 9.96. The van der Waals surface area contributed by atoms with Gasteiger partial charge in [-0.05, 0) is 38.5 Å². The van der Waals surface area contributed by atoms with Crippen LogP contribution in [0.5, 0.6) is 0 Å². The summed E-state index contributed by atoms with van der Waals surface area (Å²) in [6.07, 6.45) is 1.98. The number of hydrogen-bond acceptors (Lipinski definition) is 5. The molecule has 0 unspecified atom stereocenters. The second-order valence-corrected chi connectivity index (χ2v) is 9.96. The van der Waals surface area contributed by atoms with Gasteiger partial charge < -0.3 is 14.6 Å². The van der Waals surface area contributed by atoms with Crippen molar-refractivity contribution in [3.63, 3.8) is 0 Å². The first-order valence-corrected chi connectivity index (χ1v) is 12.1. The average molecular weight is 454 g/mol. The van der Waals surface area contributed by atoms with Crippen LogP contribution in [0.25, 0.3) is 22.3 Å². The topological polar surface area (TPSA) is 57.3 Å². The van der Waals surface area contributed by atoms with E-state index in [1.165, 1.54) is 11.1 Å². The second kappa shape index (κ2) is 8.22. The van der Waals surface area contributed by atoms with Crippen molar-refractivity contribution < 1.29 is 4.74 Å². The molecule has 2 aliphatic heterocycles. The van der Waals surface area contributed by atoms with Crippen LogP contribution < -0.4 is 4.90 Å². The Kier molecular flexibility index (Phi) is 5.15. The smallest absolute Gasteiger partial charge is 0.162 e. The van der Waals surface area contributed by atoms with Crippen molar-refractivity contribution in [3.8, 4) is 11.4 Å². The molecule has 34 heavy (non-hydrogen) atoms. The average Bonchev–Trinajstić information content (AvgIpc) is 3.42. The summed E-state index contributed by atoms with van der Waals surface area (Å²) in [6, 6.07) is 19.4. The van der Waals surface area contributed by atoms with E-state index in [1.807, 2.05) is 6.20 Å². The first-order valence-electron chi connectivity index (χ1n) is 12.1. The van der Waals surface area contributed by atoms with Gasteiger partial charge in [0.25, 0.3) is 0 Å². The van der Waals surface area contributed by atoms with Gasteiger partial charge in [0.1, 0.15) is 5.82 Å². The minimum Gasteiger partial charge on any atom is -0.377 e. The highest BCUT2D eigenvalue weighted by Crippen LogP contribution is 2.44. The van der Waals surface area contributed by atoms with Crippen molar-refractivity contribution in [3.05, 3.63) is 77.6 Å². The largest absolute Gasteiger partial charge is 0.377 e. The lowest BCUT2D eigenvalue weighted by molar-refractivity contribution is 0.0983. The zero-order chi connectivity index (χ0) is 23.3. The van der Waals surface area contributed by atoms with Gasteiger partial charge in [0, 0.05) is 47.9 Å². The fraction of sp³-hybridized carbons (Fsp3) is 0.357. The fourth-order valence-electron chi connectivity index (χ4n) is 5.40. The molecular weight excluding hydrogens is 422 g/mol. The fourth-order valence-corrected chi connectivity index (χ4v) is 5.40. The van der Waals surface area contributed by atoms with E-state index in [9.17, 15) is 0 Å². The van der Waals surface area contributed by atoms with Gasteiger partial charge in [0.15, 0.2) is 5.82 Å². The summed E-state index contributed by atoms with van der Waals surface area (Å²) >= 11 is 0. The maximum Gasteiger partial charge on any atom is 0.162 e. The molecule has 2 aliphatic rings. The molecule has 0 radical (unpaired) electrons. The number of nitrogens with one attached hydrogen (secondary N) is 1. The van der Waals surface area contributed by atoms with E-state index < -0.39 is 0 Å². The molecule has 6 nitrogen and oxygen atoms in total. The van der Waals surface area contributed by atoms with E-state index in [0.29, 0.717) is 0 Å². The van der Waals surface area contributed by atoms with Crippen LogP contribution in [0, 0.1) is 0 Å². The number of hydrogen-bond donors (Lipinski definition) is 1. The number of benzene rings is 2. The van der Waals surface area contributed by atoms with Crippen molar-refractivity contribution in [2.24, 2.45) is 0 Å². The molecule has 0 aliphatic carbocycles. The molecule has 2 aromatic carbocycles. The highest BCUT2D eigenvalue weighted by atomic mass is 16.5. The van der Waals surface area contributed by atoms with Gasteiger partial charge in [-0.25, -0.2) is 9.97 Å². The lowest BCUT2D eigenvalue weighted by Crippen LogP contribution is -2.44. The van der Waals surface area contributed by atoms with Gasteiger partial charge in [-0.3, -0.25) is 4.90 Å². The monoisotopic (exact) mass is 453 g/mol. The number of fused-ring (bicyclic) bond motifs is 2. The number of rotatable bonds is 4. The third-order valence-corrected chi connectivity index (χ3v) is 7.40. The first kappa shape index (κ1) is 21.3. The summed E-state index contributed by atoms with van der Waals surface area (Å²) in [5.41, 5.74) is 5.66. The molecule has 0 spiro atoms. The molecule has 1 atom stereocenters. The van der Waals surface area contributed by atoms with Crippen molar-refractivity contribution in [1.29, 1.82) is 0 Å². The molecule has 2 aromatic heterocycles. The highest BCUT2D eigenvalue weighted by Gasteiger charge is 2.42. The van der Waals surface area contributed by atoms with E-state index in [0.717, 1.165) is 66.7 Å². The molecule has 1 fully saturated rings. The third-order valence-electron chi connectivity index (χ3n) is 7.40. The van der Waals surface area contributed by atoms with Crippen molar-refractivity contribution >= 4 is 16.7 Å². The van der Waals surface area contributed by atoms with Crippen molar-refractivity contribution in [1.82, 2.24) is 19.9 Å². The van der Waals surface area contributed by atoms with Gasteiger partial charge in [-0.2, -0.15) is 0 Å². The lowest BCUT2D eigenvalue weighted by atomic mass is 9.98. The van der Waals surface area contributed by atoms with E-state index in [-0.39, 0.29) is 11.6 Å². The summed E-state index contributed by atoms with van der Waals surface area (Å²) in [4.78, 5) is 18.8. The molecule has 4 heterocycles. The number of nitrogens with zero attached hydrogens (tertiary/aromatic N) is 4. The number of aromatic amines is 1. The Morgan fingerprint density at radius 1 is 1.06 bits per heavy atom. The quantitative estimate of drug-likeness (QED) is 0.466. The van der Waals surface area contributed by atoms with E-state index in [4.69, 9.17) is 14.7 Å². The van der Waals surface area contributed by atoms with E-state index >= 15 is 0 Å². The highest BCUT2D eigenvalue weighted by molar-refractivity contribution is 5.93. The number of ether oxygens (including phenoxy) is 1. The summed E-state index contributed by atoms with van der Waals surface area (Å²) in [6.45, 7) is 10.8. The third kappa shape index (κ3) is 3.49. The van der Waals surface area contributed by atoms with Crippen LogP contribution in [0.1, 0.15) is 37.6 Å². The molecule has 1 N–H and O–H groups in total. The van der Waals surface area contributed by atoms with E-state index in [2.05, 4.69) is 90.2 Å². The molecule has 0 amide bonds. The first-order chi connectivity index (χ1) is 16.5. The predicted octanol–water partition coefficient (Wildman–Crippen LogP) is 5.10. The van der Waals surface area contributed by atoms with Gasteiger partial charge in [0.2, 0.25) is 0 Å². The summed E-state index contributed by atoms with van der Waals surface area (Å²) in [7, 11) is 0. The number of H-pyrrole nitrogens is 1. The number of anilines is 1. The molecule has 1 saturated heterocycles. The molecule has 4 aromatic rings. The van der Waals surface area contributed by atoms with Gasteiger partial charge >= 0.3 is 0 Å². The maximum atomic E-state index is 5.76. The Labute approximate surface area is 200 Å². The number of aromatic nitrogens is 3. The zero-order valence-corrected chi connectivity index (χ0v) is 20.1. The van der Waals surface area contributed by atoms with Gasteiger partial charge in [-0.15, -0.1) is 0 Å². The van der Waals surface area contributed by atoms with Gasteiger partial charge in [-0.1, -0.05) is 42.5 Å². The normalized spacial score (nSPS) is 20.1. The van der Waals surface area contributed by atoms with Crippen LogP contribution >= 0.6 is 0 Å². The lowest BCUT2D eigenvalue weighted by Gasteiger charge is -2.35. The minimum absolute atomic E-state index is 0.209. The van der Waals surface area contributed by atoms with Crippen LogP contribution in [-0.4, -0.2) is 45.7 Å². The Bertz CT molecular complexity index is 1330.